The molecule has 5 nitrogen and oxygen atoms in total. The zero-order valence-electron chi connectivity index (χ0n) is 20.3. The van der Waals surface area contributed by atoms with Gasteiger partial charge in [-0.05, 0) is 86.4 Å². The lowest BCUT2D eigenvalue weighted by atomic mass is 9.43. The predicted octanol–water partition coefficient (Wildman–Crippen LogP) is 5.39. The first-order valence-corrected chi connectivity index (χ1v) is 13.6. The summed E-state index contributed by atoms with van der Waals surface area (Å²) in [7, 11) is 0. The molecular weight excluding hydrogens is 463 g/mol. The molecule has 4 saturated carbocycles. The summed E-state index contributed by atoms with van der Waals surface area (Å²) in [5.41, 5.74) is -0.148. The largest absolute Gasteiger partial charge is 0.461 e. The van der Waals surface area contributed by atoms with Crippen LogP contribution in [0.1, 0.15) is 72.6 Å². The summed E-state index contributed by atoms with van der Waals surface area (Å²) < 4.78 is 11.8. The number of carbonyl (C=O) groups is 3. The minimum absolute atomic E-state index is 0.0148. The lowest BCUT2D eigenvalue weighted by Gasteiger charge is -2.63. The molecule has 186 valence electrons. The average molecular weight is 501 g/mol. The van der Waals surface area contributed by atoms with Crippen LogP contribution in [-0.4, -0.2) is 41.7 Å². The highest BCUT2D eigenvalue weighted by Gasteiger charge is 2.65. The summed E-state index contributed by atoms with van der Waals surface area (Å²) >= 11 is 11.6. The molecule has 0 bridgehead atoms. The van der Waals surface area contributed by atoms with Crippen molar-refractivity contribution in [2.24, 2.45) is 46.3 Å². The van der Waals surface area contributed by atoms with E-state index in [0.717, 1.165) is 44.9 Å². The number of ether oxygens (including phenoxy) is 2. The molecular formula is C26H38Cl2O5. The topological polar surface area (TPSA) is 69.7 Å². The first-order chi connectivity index (χ1) is 15.5. The number of hydrogen-bond acceptors (Lipinski definition) is 5. The van der Waals surface area contributed by atoms with Gasteiger partial charge in [-0.1, -0.05) is 20.8 Å². The van der Waals surface area contributed by atoms with Crippen molar-refractivity contribution in [1.29, 1.82) is 0 Å². The maximum atomic E-state index is 12.6. The van der Waals surface area contributed by atoms with Crippen LogP contribution in [-0.2, 0) is 23.9 Å². The minimum Gasteiger partial charge on any atom is -0.461 e. The lowest BCUT2D eigenvalue weighted by molar-refractivity contribution is -0.205. The number of carbonyl (C=O) groups excluding carboxylic acids is 3. The molecule has 0 spiro atoms. The number of rotatable bonds is 5. The highest BCUT2D eigenvalue weighted by atomic mass is 35.5. The summed E-state index contributed by atoms with van der Waals surface area (Å²) in [6, 6.07) is 0. The van der Waals surface area contributed by atoms with Gasteiger partial charge in [0.1, 0.15) is 29.8 Å². The van der Waals surface area contributed by atoms with E-state index in [4.69, 9.17) is 32.7 Å². The third-order valence-electron chi connectivity index (χ3n) is 10.2. The van der Waals surface area contributed by atoms with Gasteiger partial charge < -0.3 is 9.47 Å². The summed E-state index contributed by atoms with van der Waals surface area (Å²) in [5, 5.41) is 0. The smallest absolute Gasteiger partial charge is 0.321 e. The summed E-state index contributed by atoms with van der Waals surface area (Å²) in [4.78, 5) is 36.9. The van der Waals surface area contributed by atoms with Crippen LogP contribution in [0.5, 0.6) is 0 Å². The fraction of sp³-hybridized carbons (Fsp3) is 0.885. The Morgan fingerprint density at radius 3 is 2.12 bits per heavy atom. The van der Waals surface area contributed by atoms with E-state index in [1.165, 1.54) is 0 Å². The Labute approximate surface area is 207 Å². The number of esters is 2. The Bertz CT molecular complexity index is 802. The third-order valence-corrected chi connectivity index (χ3v) is 10.6. The maximum absolute atomic E-state index is 12.6. The number of alkyl halides is 2. The second-order valence-corrected chi connectivity index (χ2v) is 12.3. The second-order valence-electron chi connectivity index (χ2n) is 11.8. The molecule has 0 heterocycles. The van der Waals surface area contributed by atoms with Crippen LogP contribution >= 0.6 is 23.2 Å². The highest BCUT2D eigenvalue weighted by Crippen LogP contribution is 2.68. The predicted molar refractivity (Wildman–Crippen MR) is 127 cm³/mol. The van der Waals surface area contributed by atoms with Gasteiger partial charge in [-0.3, -0.25) is 14.4 Å². The molecule has 0 aliphatic heterocycles. The van der Waals surface area contributed by atoms with Crippen LogP contribution < -0.4 is 0 Å². The fourth-order valence-corrected chi connectivity index (χ4v) is 9.14. The first-order valence-electron chi connectivity index (χ1n) is 12.6. The van der Waals surface area contributed by atoms with E-state index >= 15 is 0 Å². The first kappa shape index (κ1) is 25.3. The Kier molecular flexibility index (Phi) is 7.15. The van der Waals surface area contributed by atoms with Gasteiger partial charge in [0.15, 0.2) is 0 Å². The van der Waals surface area contributed by atoms with Crippen molar-refractivity contribution in [3.05, 3.63) is 0 Å². The molecule has 0 unspecified atom stereocenters. The highest BCUT2D eigenvalue weighted by molar-refractivity contribution is 6.26. The van der Waals surface area contributed by atoms with Gasteiger partial charge in [-0.15, -0.1) is 23.2 Å². The Morgan fingerprint density at radius 2 is 1.52 bits per heavy atom. The molecule has 4 fully saturated rings. The number of hydrogen-bond donors (Lipinski definition) is 0. The van der Waals surface area contributed by atoms with E-state index in [-0.39, 0.29) is 70.3 Å². The SMILES string of the molecule is CC(=O)[C@H]1CC[C@H]2[C@@H]3CC[C@H]4C[C@H](OC(=O)CCl)[C@@H](C)C[C@]4(C)[C@H]3[C@@H](OC(=O)CCl)C[C@]12C. The molecule has 0 aromatic carbocycles. The fourth-order valence-electron chi connectivity index (χ4n) is 9.01. The van der Waals surface area contributed by atoms with E-state index in [9.17, 15) is 14.4 Å². The molecule has 4 rings (SSSR count). The Morgan fingerprint density at radius 1 is 0.879 bits per heavy atom. The van der Waals surface area contributed by atoms with Gasteiger partial charge >= 0.3 is 11.9 Å². The van der Waals surface area contributed by atoms with Gasteiger partial charge in [0.2, 0.25) is 0 Å². The van der Waals surface area contributed by atoms with E-state index in [2.05, 4.69) is 20.8 Å². The van der Waals surface area contributed by atoms with Crippen molar-refractivity contribution in [2.45, 2.75) is 84.8 Å². The van der Waals surface area contributed by atoms with Crippen molar-refractivity contribution in [2.75, 3.05) is 11.8 Å². The van der Waals surface area contributed by atoms with Crippen LogP contribution in [0, 0.1) is 46.3 Å². The standard InChI is InChI=1S/C26H38Cl2O5/c1-14-10-25(3)16(9-20(14)32-22(30)12-27)5-6-17-19-8-7-18(15(2)29)26(19,4)11-21(24(17)25)33-23(31)13-28/h14,16-21,24H,5-13H2,1-4H3/t14-,16-,17-,18+,19-,20-,21-,24+,25-,26+/m0/s1. The summed E-state index contributed by atoms with van der Waals surface area (Å²) in [6.45, 7) is 8.50. The zero-order chi connectivity index (χ0) is 24.1. The average Bonchev–Trinajstić information content (AvgIpc) is 3.10. The number of halogens is 2. The van der Waals surface area contributed by atoms with Crippen LogP contribution in [0.4, 0.5) is 0 Å². The van der Waals surface area contributed by atoms with Crippen molar-refractivity contribution in [1.82, 2.24) is 0 Å². The van der Waals surface area contributed by atoms with Gasteiger partial charge in [-0.25, -0.2) is 0 Å². The van der Waals surface area contributed by atoms with Crippen LogP contribution in [0.2, 0.25) is 0 Å². The van der Waals surface area contributed by atoms with Crippen LogP contribution in [0.3, 0.4) is 0 Å². The van der Waals surface area contributed by atoms with E-state index in [1.54, 1.807) is 6.92 Å². The molecule has 10 atom stereocenters. The molecule has 0 amide bonds. The minimum atomic E-state index is -0.372. The Hall–Kier alpha value is -0.810. The van der Waals surface area contributed by atoms with Gasteiger partial charge in [-0.2, -0.15) is 0 Å². The van der Waals surface area contributed by atoms with Gasteiger partial charge in [0.05, 0.1) is 0 Å². The molecule has 0 aromatic heterocycles. The molecule has 33 heavy (non-hydrogen) atoms. The zero-order valence-corrected chi connectivity index (χ0v) is 21.8. The summed E-state index contributed by atoms with van der Waals surface area (Å²) in [6.07, 6.45) is 6.29. The van der Waals surface area contributed by atoms with E-state index < -0.39 is 0 Å². The van der Waals surface area contributed by atoms with Crippen molar-refractivity contribution in [3.63, 3.8) is 0 Å². The normalized spacial score (nSPS) is 46.5. The second kappa shape index (κ2) is 9.33. The van der Waals surface area contributed by atoms with E-state index in [0.29, 0.717) is 17.8 Å². The van der Waals surface area contributed by atoms with Crippen molar-refractivity contribution >= 4 is 40.9 Å². The van der Waals surface area contributed by atoms with Crippen molar-refractivity contribution in [3.8, 4) is 0 Å². The molecule has 0 saturated heterocycles. The maximum Gasteiger partial charge on any atom is 0.321 e. The lowest BCUT2D eigenvalue weighted by Crippen LogP contribution is -2.61. The number of Topliss-reactive ketones (excluding diaryl/α,β-unsaturated/α-hetero) is 1. The number of ketones is 1. The molecule has 7 heteroatoms. The Balaban J connectivity index is 1.67. The van der Waals surface area contributed by atoms with Crippen LogP contribution in [0.25, 0.3) is 0 Å². The number of fused-ring (bicyclic) bond motifs is 5. The molecule has 0 N–H and O–H groups in total. The molecule has 0 aromatic rings. The third kappa shape index (κ3) is 4.24. The quantitative estimate of drug-likeness (QED) is 0.373. The monoisotopic (exact) mass is 500 g/mol. The molecule has 4 aliphatic carbocycles. The molecule has 4 aliphatic rings. The van der Waals surface area contributed by atoms with Gasteiger partial charge in [0, 0.05) is 11.8 Å². The summed E-state index contributed by atoms with van der Waals surface area (Å²) in [5.74, 6) is 1.04. The molecule has 0 radical (unpaired) electrons. The van der Waals surface area contributed by atoms with Crippen LogP contribution in [0.15, 0.2) is 0 Å². The van der Waals surface area contributed by atoms with E-state index in [1.807, 2.05) is 0 Å². The van der Waals surface area contributed by atoms with Gasteiger partial charge in [0.25, 0.3) is 0 Å². The van der Waals surface area contributed by atoms with Crippen molar-refractivity contribution < 1.29 is 23.9 Å².